The fourth-order valence-electron chi connectivity index (χ4n) is 4.04. The first-order valence-electron chi connectivity index (χ1n) is 10.5. The summed E-state index contributed by atoms with van der Waals surface area (Å²) in [7, 11) is 0. The summed E-state index contributed by atoms with van der Waals surface area (Å²) in [5.41, 5.74) is 2.90. The van der Waals surface area contributed by atoms with Crippen molar-refractivity contribution in [2.24, 2.45) is 0 Å². The van der Waals surface area contributed by atoms with Gasteiger partial charge >= 0.3 is 0 Å². The number of rotatable bonds is 6. The standard InChI is InChI=1S/C26H20N4O3/c31-23(16-30-22-12-4-8-18-7-3-10-20(24(18)22)26(30)33)29-21-11-2-1-9-19(21)25(32)28-15-17-6-5-13-27-14-17/h1-14H,15-16H2,(H,28,32)(H,29,31). The highest BCUT2D eigenvalue weighted by molar-refractivity contribution is 6.26. The molecule has 7 heteroatoms. The predicted octanol–water partition coefficient (Wildman–Crippen LogP) is 3.76. The summed E-state index contributed by atoms with van der Waals surface area (Å²) in [5, 5.41) is 7.44. The van der Waals surface area contributed by atoms with Crippen molar-refractivity contribution in [3.05, 3.63) is 102 Å². The van der Waals surface area contributed by atoms with E-state index in [2.05, 4.69) is 15.6 Å². The van der Waals surface area contributed by atoms with Crippen molar-refractivity contribution in [3.63, 3.8) is 0 Å². The molecule has 1 aliphatic heterocycles. The number of hydrogen-bond acceptors (Lipinski definition) is 4. The van der Waals surface area contributed by atoms with Gasteiger partial charge in [-0.15, -0.1) is 0 Å². The molecule has 2 heterocycles. The molecule has 4 aromatic rings. The lowest BCUT2D eigenvalue weighted by Crippen LogP contribution is -2.36. The molecule has 0 atom stereocenters. The zero-order valence-corrected chi connectivity index (χ0v) is 17.6. The van der Waals surface area contributed by atoms with Gasteiger partial charge in [0.2, 0.25) is 5.91 Å². The van der Waals surface area contributed by atoms with Crippen LogP contribution >= 0.6 is 0 Å². The molecule has 3 amide bonds. The molecule has 162 valence electrons. The van der Waals surface area contributed by atoms with Gasteiger partial charge in [-0.3, -0.25) is 24.3 Å². The Bertz CT molecular complexity index is 1380. The fraction of sp³-hybridized carbons (Fsp3) is 0.0769. The lowest BCUT2D eigenvalue weighted by molar-refractivity contribution is -0.114. The van der Waals surface area contributed by atoms with Gasteiger partial charge in [0.05, 0.1) is 16.9 Å². The third kappa shape index (κ3) is 3.92. The van der Waals surface area contributed by atoms with E-state index in [1.807, 2.05) is 36.4 Å². The highest BCUT2D eigenvalue weighted by atomic mass is 16.2. The van der Waals surface area contributed by atoms with Gasteiger partial charge in [0.15, 0.2) is 0 Å². The van der Waals surface area contributed by atoms with Crippen LogP contribution in [0.1, 0.15) is 26.3 Å². The number of amides is 3. The predicted molar refractivity (Wildman–Crippen MR) is 126 cm³/mol. The minimum atomic E-state index is -0.388. The molecular formula is C26H20N4O3. The first-order valence-corrected chi connectivity index (χ1v) is 10.5. The number of pyridine rings is 1. The highest BCUT2D eigenvalue weighted by Gasteiger charge is 2.31. The topological polar surface area (TPSA) is 91.4 Å². The molecule has 3 aromatic carbocycles. The maximum absolute atomic E-state index is 12.9. The van der Waals surface area contributed by atoms with Crippen molar-refractivity contribution < 1.29 is 14.4 Å². The minimum absolute atomic E-state index is 0.154. The number of carbonyl (C=O) groups excluding carboxylic acids is 3. The molecular weight excluding hydrogens is 416 g/mol. The molecule has 33 heavy (non-hydrogen) atoms. The lowest BCUT2D eigenvalue weighted by Gasteiger charge is -2.18. The summed E-state index contributed by atoms with van der Waals surface area (Å²) in [4.78, 5) is 44.1. The van der Waals surface area contributed by atoms with Crippen LogP contribution < -0.4 is 15.5 Å². The van der Waals surface area contributed by atoms with E-state index in [1.165, 1.54) is 4.90 Å². The van der Waals surface area contributed by atoms with Gasteiger partial charge in [-0.2, -0.15) is 0 Å². The van der Waals surface area contributed by atoms with E-state index in [1.54, 1.807) is 48.8 Å². The molecule has 1 aliphatic rings. The molecule has 0 saturated heterocycles. The third-order valence-corrected chi connectivity index (χ3v) is 5.57. The van der Waals surface area contributed by atoms with Crippen LogP contribution in [0.4, 0.5) is 11.4 Å². The first kappa shape index (κ1) is 20.4. The highest BCUT2D eigenvalue weighted by Crippen LogP contribution is 2.37. The maximum Gasteiger partial charge on any atom is 0.259 e. The van der Waals surface area contributed by atoms with Gasteiger partial charge in [0.1, 0.15) is 6.54 Å². The van der Waals surface area contributed by atoms with Crippen molar-refractivity contribution in [1.82, 2.24) is 10.3 Å². The number of nitrogens with one attached hydrogen (secondary N) is 2. The number of para-hydroxylation sites is 1. The Morgan fingerprint density at radius 2 is 1.73 bits per heavy atom. The van der Waals surface area contributed by atoms with E-state index in [-0.39, 0.29) is 24.3 Å². The molecule has 0 bridgehead atoms. The molecule has 1 aromatic heterocycles. The molecule has 0 unspecified atom stereocenters. The monoisotopic (exact) mass is 436 g/mol. The second-order valence-corrected chi connectivity index (χ2v) is 7.71. The Kier molecular flexibility index (Phi) is 5.28. The van der Waals surface area contributed by atoms with Crippen LogP contribution in [-0.4, -0.2) is 29.3 Å². The second-order valence-electron chi connectivity index (χ2n) is 7.71. The average molecular weight is 436 g/mol. The van der Waals surface area contributed by atoms with Gasteiger partial charge in [-0.1, -0.05) is 42.5 Å². The summed E-state index contributed by atoms with van der Waals surface area (Å²) in [6.45, 7) is 0.164. The Labute approximate surface area is 190 Å². The SMILES string of the molecule is O=C(CN1C(=O)c2cccc3cccc1c23)Nc1ccccc1C(=O)NCc1cccnc1. The van der Waals surface area contributed by atoms with Crippen molar-refractivity contribution in [1.29, 1.82) is 0 Å². The Hall–Kier alpha value is -4.52. The van der Waals surface area contributed by atoms with Crippen molar-refractivity contribution >= 4 is 39.9 Å². The molecule has 5 rings (SSSR count). The number of carbonyl (C=O) groups is 3. The van der Waals surface area contributed by atoms with Crippen LogP contribution in [0.3, 0.4) is 0 Å². The van der Waals surface area contributed by atoms with Gasteiger partial charge in [-0.25, -0.2) is 0 Å². The van der Waals surface area contributed by atoms with Crippen molar-refractivity contribution in [3.8, 4) is 0 Å². The molecule has 0 fully saturated rings. The zero-order valence-electron chi connectivity index (χ0n) is 17.6. The smallest absolute Gasteiger partial charge is 0.259 e. The van der Waals surface area contributed by atoms with Crippen LogP contribution in [0.25, 0.3) is 10.8 Å². The van der Waals surface area contributed by atoms with Crippen LogP contribution in [0.2, 0.25) is 0 Å². The van der Waals surface area contributed by atoms with E-state index >= 15 is 0 Å². The van der Waals surface area contributed by atoms with Crippen LogP contribution in [0, 0.1) is 0 Å². The van der Waals surface area contributed by atoms with Crippen LogP contribution in [0.5, 0.6) is 0 Å². The van der Waals surface area contributed by atoms with E-state index in [4.69, 9.17) is 0 Å². The largest absolute Gasteiger partial charge is 0.348 e. The molecule has 0 aliphatic carbocycles. The minimum Gasteiger partial charge on any atom is -0.348 e. The average Bonchev–Trinajstić information content (AvgIpc) is 3.11. The summed E-state index contributed by atoms with van der Waals surface area (Å²) >= 11 is 0. The van der Waals surface area contributed by atoms with E-state index < -0.39 is 0 Å². The fourth-order valence-corrected chi connectivity index (χ4v) is 4.04. The van der Waals surface area contributed by atoms with Gasteiger partial charge < -0.3 is 10.6 Å². The van der Waals surface area contributed by atoms with Gasteiger partial charge in [0, 0.05) is 29.9 Å². The quantitative estimate of drug-likeness (QED) is 0.481. The van der Waals surface area contributed by atoms with Gasteiger partial charge in [-0.05, 0) is 41.3 Å². The summed E-state index contributed by atoms with van der Waals surface area (Å²) in [6, 6.07) is 21.7. The van der Waals surface area contributed by atoms with Crippen molar-refractivity contribution in [2.45, 2.75) is 6.54 Å². The Morgan fingerprint density at radius 1 is 0.909 bits per heavy atom. The molecule has 0 spiro atoms. The molecule has 2 N–H and O–H groups in total. The number of nitrogens with zero attached hydrogens (tertiary/aromatic N) is 2. The van der Waals surface area contributed by atoms with Gasteiger partial charge in [0.25, 0.3) is 11.8 Å². The normalized spacial score (nSPS) is 12.1. The number of benzene rings is 3. The van der Waals surface area contributed by atoms with Crippen molar-refractivity contribution in [2.75, 3.05) is 16.8 Å². The Morgan fingerprint density at radius 3 is 2.55 bits per heavy atom. The molecule has 0 radical (unpaired) electrons. The van der Waals surface area contributed by atoms with Crippen LogP contribution in [0.15, 0.2) is 85.2 Å². The molecule has 7 nitrogen and oxygen atoms in total. The number of hydrogen-bond donors (Lipinski definition) is 2. The summed E-state index contributed by atoms with van der Waals surface area (Å²) in [6.07, 6.45) is 3.35. The molecule has 0 saturated carbocycles. The first-order chi connectivity index (χ1) is 16.1. The number of anilines is 2. The zero-order chi connectivity index (χ0) is 22.8. The third-order valence-electron chi connectivity index (χ3n) is 5.57. The summed E-state index contributed by atoms with van der Waals surface area (Å²) in [5.74, 6) is -0.913. The van der Waals surface area contributed by atoms with Crippen LogP contribution in [-0.2, 0) is 11.3 Å². The Balaban J connectivity index is 1.31. The summed E-state index contributed by atoms with van der Waals surface area (Å²) < 4.78 is 0. The number of aromatic nitrogens is 1. The second kappa shape index (κ2) is 8.55. The maximum atomic E-state index is 12.9. The lowest BCUT2D eigenvalue weighted by atomic mass is 10.1. The van der Waals surface area contributed by atoms with E-state index in [0.717, 1.165) is 16.3 Å². The van der Waals surface area contributed by atoms with E-state index in [0.29, 0.717) is 29.0 Å². The van der Waals surface area contributed by atoms with E-state index in [9.17, 15) is 14.4 Å².